The number of rotatable bonds is 6. The van der Waals surface area contributed by atoms with Crippen molar-refractivity contribution in [2.45, 2.75) is 49.9 Å². The average molecular weight is 358 g/mol. The lowest BCUT2D eigenvalue weighted by molar-refractivity contribution is -0.149. The maximum atomic E-state index is 11.8. The number of ketones is 1. The SMILES string of the molecule is CC(O)C(N)C(=O)C(N)(CC#CCN)C(=O)O.O=C(O)C1CCCN1. The second kappa shape index (κ2) is 10.8. The van der Waals surface area contributed by atoms with Crippen LogP contribution in [-0.4, -0.2) is 69.9 Å². The van der Waals surface area contributed by atoms with E-state index in [9.17, 15) is 14.4 Å². The van der Waals surface area contributed by atoms with Crippen molar-refractivity contribution in [2.75, 3.05) is 13.1 Å². The monoisotopic (exact) mass is 358 g/mol. The van der Waals surface area contributed by atoms with Crippen LogP contribution in [0.4, 0.5) is 0 Å². The summed E-state index contributed by atoms with van der Waals surface area (Å²) < 4.78 is 0. The second-order valence-corrected chi connectivity index (χ2v) is 5.63. The summed E-state index contributed by atoms with van der Waals surface area (Å²) in [4.78, 5) is 32.9. The molecule has 10 heteroatoms. The highest BCUT2D eigenvalue weighted by molar-refractivity contribution is 6.10. The normalized spacial score (nSPS) is 20.8. The smallest absolute Gasteiger partial charge is 0.332 e. The van der Waals surface area contributed by atoms with Gasteiger partial charge in [-0.15, -0.1) is 0 Å². The zero-order valence-electron chi connectivity index (χ0n) is 14.1. The van der Waals surface area contributed by atoms with E-state index in [1.165, 1.54) is 6.92 Å². The van der Waals surface area contributed by atoms with Gasteiger partial charge in [0.1, 0.15) is 6.04 Å². The molecule has 4 unspecified atom stereocenters. The minimum atomic E-state index is -2.22. The van der Waals surface area contributed by atoms with Gasteiger partial charge >= 0.3 is 11.9 Å². The Hall–Kier alpha value is -2.03. The van der Waals surface area contributed by atoms with Gasteiger partial charge in [-0.25, -0.2) is 4.79 Å². The minimum Gasteiger partial charge on any atom is -0.480 e. The van der Waals surface area contributed by atoms with Gasteiger partial charge in [-0.05, 0) is 26.3 Å². The fourth-order valence-corrected chi connectivity index (χ4v) is 1.95. The summed E-state index contributed by atoms with van der Waals surface area (Å²) in [5, 5.41) is 29.3. The summed E-state index contributed by atoms with van der Waals surface area (Å²) in [6.07, 6.45) is 0.192. The number of carbonyl (C=O) groups is 3. The number of aliphatic hydroxyl groups excluding tert-OH is 1. The van der Waals surface area contributed by atoms with E-state index in [1.54, 1.807) is 0 Å². The van der Waals surface area contributed by atoms with Crippen LogP contribution >= 0.6 is 0 Å². The van der Waals surface area contributed by atoms with E-state index in [-0.39, 0.29) is 12.6 Å². The Morgan fingerprint density at radius 2 is 1.92 bits per heavy atom. The third kappa shape index (κ3) is 7.16. The lowest BCUT2D eigenvalue weighted by atomic mass is 9.86. The first-order chi connectivity index (χ1) is 11.6. The van der Waals surface area contributed by atoms with Crippen molar-refractivity contribution in [3.63, 3.8) is 0 Å². The number of carboxylic acids is 2. The molecule has 1 aliphatic heterocycles. The largest absolute Gasteiger partial charge is 0.480 e. The number of nitrogens with two attached hydrogens (primary N) is 3. The lowest BCUT2D eigenvalue weighted by Crippen LogP contribution is -2.62. The van der Waals surface area contributed by atoms with Gasteiger partial charge in [0.05, 0.1) is 18.7 Å². The van der Waals surface area contributed by atoms with Crippen molar-refractivity contribution >= 4 is 17.7 Å². The van der Waals surface area contributed by atoms with E-state index in [1.807, 2.05) is 0 Å². The van der Waals surface area contributed by atoms with E-state index in [0.29, 0.717) is 0 Å². The fourth-order valence-electron chi connectivity index (χ4n) is 1.95. The number of hydrogen-bond donors (Lipinski definition) is 7. The van der Waals surface area contributed by atoms with Crippen molar-refractivity contribution < 1.29 is 29.7 Å². The van der Waals surface area contributed by atoms with Gasteiger partial charge in [0.15, 0.2) is 11.3 Å². The molecule has 10 nitrogen and oxygen atoms in total. The topological polar surface area (TPSA) is 202 Å². The Balaban J connectivity index is 0.000000593. The van der Waals surface area contributed by atoms with Gasteiger partial charge in [0, 0.05) is 6.42 Å². The Labute approximate surface area is 145 Å². The van der Waals surface area contributed by atoms with Crippen molar-refractivity contribution in [1.29, 1.82) is 0 Å². The molecular weight excluding hydrogens is 332 g/mol. The van der Waals surface area contributed by atoms with E-state index in [2.05, 4.69) is 17.2 Å². The zero-order valence-corrected chi connectivity index (χ0v) is 14.1. The maximum Gasteiger partial charge on any atom is 0.332 e. The molecule has 0 aromatic rings. The van der Waals surface area contributed by atoms with Crippen LogP contribution < -0.4 is 22.5 Å². The summed E-state index contributed by atoms with van der Waals surface area (Å²) in [6.45, 7) is 2.17. The molecule has 10 N–H and O–H groups in total. The van der Waals surface area contributed by atoms with Crippen LogP contribution in [-0.2, 0) is 14.4 Å². The van der Waals surface area contributed by atoms with Gasteiger partial charge in [-0.3, -0.25) is 9.59 Å². The Bertz CT molecular complexity index is 536. The standard InChI is InChI=1S/C10H17N3O4.C5H9NO2/c1-6(14)7(12)8(15)10(13,9(16)17)4-2-3-5-11;7-5(8)4-2-1-3-6-4/h6-7,14H,4-5,11-13H2,1H3,(H,16,17);4,6H,1-3H2,(H,7,8). The summed E-state index contributed by atoms with van der Waals surface area (Å²) in [6, 6.07) is -1.63. The molecule has 0 aromatic carbocycles. The molecule has 25 heavy (non-hydrogen) atoms. The van der Waals surface area contributed by atoms with Crippen LogP contribution in [0.5, 0.6) is 0 Å². The number of Topliss-reactive ketones (excluding diaryl/α,β-unsaturated/α-hetero) is 1. The molecule has 142 valence electrons. The van der Waals surface area contributed by atoms with E-state index in [4.69, 9.17) is 32.5 Å². The quantitative estimate of drug-likeness (QED) is 0.192. The maximum absolute atomic E-state index is 11.8. The molecule has 0 aromatic heterocycles. The number of nitrogens with one attached hydrogen (secondary N) is 1. The van der Waals surface area contributed by atoms with Crippen molar-refractivity contribution in [3.8, 4) is 11.8 Å². The molecule has 0 saturated carbocycles. The van der Waals surface area contributed by atoms with Gasteiger partial charge in [0.25, 0.3) is 0 Å². The summed E-state index contributed by atoms with van der Waals surface area (Å²) in [5.74, 6) is 1.58. The van der Waals surface area contributed by atoms with E-state index in [0.717, 1.165) is 19.4 Å². The molecule has 1 aliphatic rings. The van der Waals surface area contributed by atoms with Crippen LogP contribution in [0.2, 0.25) is 0 Å². The summed E-state index contributed by atoms with van der Waals surface area (Å²) in [7, 11) is 0. The second-order valence-electron chi connectivity index (χ2n) is 5.63. The van der Waals surface area contributed by atoms with Crippen LogP contribution in [0.1, 0.15) is 26.2 Å². The van der Waals surface area contributed by atoms with Gasteiger partial charge in [-0.1, -0.05) is 11.8 Å². The minimum absolute atomic E-state index is 0.0341. The number of aliphatic hydroxyl groups is 1. The first-order valence-corrected chi connectivity index (χ1v) is 7.70. The molecule has 0 bridgehead atoms. The molecule has 0 amide bonds. The van der Waals surface area contributed by atoms with Gasteiger partial charge in [0.2, 0.25) is 0 Å². The first-order valence-electron chi connectivity index (χ1n) is 7.70. The number of hydrogen-bond acceptors (Lipinski definition) is 8. The third-order valence-electron chi connectivity index (χ3n) is 3.60. The molecule has 1 saturated heterocycles. The molecule has 4 atom stereocenters. The van der Waals surface area contributed by atoms with Crippen molar-refractivity contribution in [3.05, 3.63) is 0 Å². The first kappa shape index (κ1) is 23.0. The highest BCUT2D eigenvalue weighted by Crippen LogP contribution is 2.12. The molecule has 1 fully saturated rings. The Kier molecular flexibility index (Phi) is 9.88. The Morgan fingerprint density at radius 1 is 1.32 bits per heavy atom. The molecule has 0 spiro atoms. The summed E-state index contributed by atoms with van der Waals surface area (Å²) in [5.41, 5.74) is 13.7. The van der Waals surface area contributed by atoms with Gasteiger partial charge < -0.3 is 37.8 Å². The van der Waals surface area contributed by atoms with Crippen LogP contribution in [0.15, 0.2) is 0 Å². The van der Waals surface area contributed by atoms with E-state index >= 15 is 0 Å². The number of aliphatic carboxylic acids is 2. The predicted octanol–water partition coefficient (Wildman–Crippen LogP) is -2.78. The molecule has 0 aliphatic carbocycles. The van der Waals surface area contributed by atoms with Crippen LogP contribution in [0, 0.1) is 11.8 Å². The molecular formula is C15H26N4O6. The molecule has 1 rings (SSSR count). The highest BCUT2D eigenvalue weighted by atomic mass is 16.4. The lowest BCUT2D eigenvalue weighted by Gasteiger charge is -2.25. The van der Waals surface area contributed by atoms with Crippen molar-refractivity contribution in [1.82, 2.24) is 5.32 Å². The molecule has 1 heterocycles. The predicted molar refractivity (Wildman–Crippen MR) is 89.3 cm³/mol. The molecule has 0 radical (unpaired) electrons. The van der Waals surface area contributed by atoms with Crippen LogP contribution in [0.3, 0.4) is 0 Å². The number of carbonyl (C=O) groups excluding carboxylic acids is 1. The van der Waals surface area contributed by atoms with Gasteiger partial charge in [-0.2, -0.15) is 0 Å². The average Bonchev–Trinajstić information content (AvgIpc) is 3.08. The zero-order chi connectivity index (χ0) is 19.6. The third-order valence-corrected chi connectivity index (χ3v) is 3.60. The highest BCUT2D eigenvalue weighted by Gasteiger charge is 2.45. The Morgan fingerprint density at radius 3 is 2.24 bits per heavy atom. The number of carboxylic acid groups (broad SMARTS) is 2. The van der Waals surface area contributed by atoms with E-state index < -0.39 is 41.8 Å². The fraction of sp³-hybridized carbons (Fsp3) is 0.667. The van der Waals surface area contributed by atoms with Crippen LogP contribution in [0.25, 0.3) is 0 Å². The van der Waals surface area contributed by atoms with Crippen molar-refractivity contribution in [2.24, 2.45) is 17.2 Å². The summed E-state index contributed by atoms with van der Waals surface area (Å²) >= 11 is 0.